The Kier molecular flexibility index (Phi) is 5.11. The third-order valence-electron chi connectivity index (χ3n) is 2.66. The van der Waals surface area contributed by atoms with Gasteiger partial charge in [-0.25, -0.2) is 0 Å². The number of anilines is 1. The molecule has 100 valence electrons. The van der Waals surface area contributed by atoms with Crippen LogP contribution in [0.15, 0.2) is 46.9 Å². The maximum atomic E-state index is 10.1. The number of benzene rings is 2. The minimum absolute atomic E-state index is 0.338. The van der Waals surface area contributed by atoms with Gasteiger partial charge in [0.05, 0.1) is 21.8 Å². The largest absolute Gasteiger partial charge is 0.387 e. The van der Waals surface area contributed by atoms with Crippen LogP contribution < -0.4 is 5.32 Å². The van der Waals surface area contributed by atoms with Gasteiger partial charge in [0.15, 0.2) is 0 Å². The molecule has 2 N–H and O–H groups in total. The lowest BCUT2D eigenvalue weighted by molar-refractivity contribution is 0.191. The molecule has 19 heavy (non-hydrogen) atoms. The molecule has 5 heteroatoms. The molecule has 0 amide bonds. The van der Waals surface area contributed by atoms with Crippen LogP contribution in [0.4, 0.5) is 5.69 Å². The van der Waals surface area contributed by atoms with Gasteiger partial charge in [-0.1, -0.05) is 69.5 Å². The zero-order valence-electron chi connectivity index (χ0n) is 9.91. The van der Waals surface area contributed by atoms with E-state index in [1.807, 2.05) is 30.3 Å². The van der Waals surface area contributed by atoms with Gasteiger partial charge in [0.2, 0.25) is 0 Å². The molecule has 0 fully saturated rings. The van der Waals surface area contributed by atoms with E-state index in [4.69, 9.17) is 23.2 Å². The number of hydrogen-bond donors (Lipinski definition) is 2. The molecule has 0 aliphatic rings. The number of rotatable bonds is 4. The zero-order chi connectivity index (χ0) is 13.8. The predicted molar refractivity (Wildman–Crippen MR) is 84.1 cm³/mol. The maximum Gasteiger partial charge on any atom is 0.0962 e. The quantitative estimate of drug-likeness (QED) is 0.812. The molecule has 1 unspecified atom stereocenters. The number of nitrogens with one attached hydrogen (secondary N) is 1. The van der Waals surface area contributed by atoms with E-state index >= 15 is 0 Å². The molecule has 2 aromatic rings. The number of aliphatic hydroxyl groups excluding tert-OH is 1. The van der Waals surface area contributed by atoms with Gasteiger partial charge < -0.3 is 10.4 Å². The smallest absolute Gasteiger partial charge is 0.0962 e. The van der Waals surface area contributed by atoms with Gasteiger partial charge >= 0.3 is 0 Å². The molecular formula is C14H12BrCl2NO. The molecule has 0 saturated heterocycles. The minimum Gasteiger partial charge on any atom is -0.387 e. The molecule has 2 nitrogen and oxygen atoms in total. The lowest BCUT2D eigenvalue weighted by Crippen LogP contribution is -2.12. The van der Waals surface area contributed by atoms with E-state index < -0.39 is 6.10 Å². The Hall–Kier alpha value is -0.740. The fourth-order valence-electron chi connectivity index (χ4n) is 1.70. The van der Waals surface area contributed by atoms with Crippen molar-refractivity contribution >= 4 is 44.8 Å². The third-order valence-corrected chi connectivity index (χ3v) is 3.72. The molecule has 2 aromatic carbocycles. The fourth-order valence-corrected chi connectivity index (χ4v) is 3.04. The average molecular weight is 361 g/mol. The van der Waals surface area contributed by atoms with Crippen LogP contribution in [0.25, 0.3) is 0 Å². The molecule has 0 spiro atoms. The lowest BCUT2D eigenvalue weighted by Gasteiger charge is -2.15. The predicted octanol–water partition coefficient (Wildman–Crippen LogP) is 4.90. The van der Waals surface area contributed by atoms with Crippen LogP contribution in [0.1, 0.15) is 11.7 Å². The van der Waals surface area contributed by atoms with Crippen molar-refractivity contribution < 1.29 is 5.11 Å². The van der Waals surface area contributed by atoms with Crippen molar-refractivity contribution in [2.45, 2.75) is 6.10 Å². The van der Waals surface area contributed by atoms with E-state index in [1.54, 1.807) is 12.1 Å². The molecule has 0 aliphatic heterocycles. The second-order valence-electron chi connectivity index (χ2n) is 4.05. The van der Waals surface area contributed by atoms with E-state index in [9.17, 15) is 5.11 Å². The van der Waals surface area contributed by atoms with Crippen molar-refractivity contribution in [3.8, 4) is 0 Å². The summed E-state index contributed by atoms with van der Waals surface area (Å²) >= 11 is 15.5. The maximum absolute atomic E-state index is 10.1. The van der Waals surface area contributed by atoms with Crippen LogP contribution in [-0.4, -0.2) is 11.7 Å². The first-order valence-electron chi connectivity index (χ1n) is 5.69. The number of aliphatic hydroxyl groups is 1. The second kappa shape index (κ2) is 6.62. The first-order chi connectivity index (χ1) is 9.08. The van der Waals surface area contributed by atoms with Crippen LogP contribution in [0.2, 0.25) is 10.0 Å². The van der Waals surface area contributed by atoms with Crippen LogP contribution in [0.3, 0.4) is 0 Å². The molecule has 2 rings (SSSR count). The van der Waals surface area contributed by atoms with E-state index in [1.165, 1.54) is 0 Å². The Labute approximate surface area is 130 Å². The highest BCUT2D eigenvalue weighted by molar-refractivity contribution is 9.10. The third kappa shape index (κ3) is 3.86. The Morgan fingerprint density at radius 1 is 1.11 bits per heavy atom. The second-order valence-corrected chi connectivity index (χ2v) is 5.78. The highest BCUT2D eigenvalue weighted by atomic mass is 79.9. The SMILES string of the molecule is OC(CNc1c(Cl)cc(Br)cc1Cl)c1ccccc1. The van der Waals surface area contributed by atoms with E-state index in [-0.39, 0.29) is 0 Å². The van der Waals surface area contributed by atoms with Crippen molar-refractivity contribution in [2.75, 3.05) is 11.9 Å². The van der Waals surface area contributed by atoms with Crippen molar-refractivity contribution in [2.24, 2.45) is 0 Å². The van der Waals surface area contributed by atoms with Crippen molar-refractivity contribution in [1.82, 2.24) is 0 Å². The topological polar surface area (TPSA) is 32.3 Å². The van der Waals surface area contributed by atoms with Crippen LogP contribution in [-0.2, 0) is 0 Å². The van der Waals surface area contributed by atoms with Gasteiger partial charge in [-0.15, -0.1) is 0 Å². The summed E-state index contributed by atoms with van der Waals surface area (Å²) in [5.74, 6) is 0. The number of hydrogen-bond acceptors (Lipinski definition) is 2. The summed E-state index contributed by atoms with van der Waals surface area (Å²) in [6, 6.07) is 12.9. The minimum atomic E-state index is -0.614. The van der Waals surface area contributed by atoms with Gasteiger partial charge in [-0.05, 0) is 17.7 Å². The molecule has 0 aliphatic carbocycles. The summed E-state index contributed by atoms with van der Waals surface area (Å²) in [7, 11) is 0. The molecular weight excluding hydrogens is 349 g/mol. The van der Waals surface area contributed by atoms with Crippen molar-refractivity contribution in [1.29, 1.82) is 0 Å². The normalized spacial score (nSPS) is 12.2. The first kappa shape index (κ1) is 14.7. The Balaban J connectivity index is 2.07. The zero-order valence-corrected chi connectivity index (χ0v) is 13.0. The highest BCUT2D eigenvalue weighted by Gasteiger charge is 2.11. The van der Waals surface area contributed by atoms with E-state index in [0.717, 1.165) is 10.0 Å². The summed E-state index contributed by atoms with van der Waals surface area (Å²) in [4.78, 5) is 0. The lowest BCUT2D eigenvalue weighted by atomic mass is 10.1. The molecule has 0 heterocycles. The monoisotopic (exact) mass is 359 g/mol. The first-order valence-corrected chi connectivity index (χ1v) is 7.24. The highest BCUT2D eigenvalue weighted by Crippen LogP contribution is 2.34. The molecule has 0 bridgehead atoms. The van der Waals surface area contributed by atoms with E-state index in [2.05, 4.69) is 21.2 Å². The van der Waals surface area contributed by atoms with Gasteiger partial charge in [0.1, 0.15) is 0 Å². The van der Waals surface area contributed by atoms with Crippen LogP contribution >= 0.6 is 39.1 Å². The standard InChI is InChI=1S/C14H12BrCl2NO/c15-10-6-11(16)14(12(17)7-10)18-8-13(19)9-4-2-1-3-5-9/h1-7,13,18-19H,8H2. The Morgan fingerprint density at radius 3 is 2.26 bits per heavy atom. The summed E-state index contributed by atoms with van der Waals surface area (Å²) < 4.78 is 0.816. The fraction of sp³-hybridized carbons (Fsp3) is 0.143. The van der Waals surface area contributed by atoms with Gasteiger partial charge in [-0.2, -0.15) is 0 Å². The Bertz CT molecular complexity index is 540. The molecule has 0 aromatic heterocycles. The Morgan fingerprint density at radius 2 is 1.68 bits per heavy atom. The summed E-state index contributed by atoms with van der Waals surface area (Å²) in [5.41, 5.74) is 1.47. The van der Waals surface area contributed by atoms with Gasteiger partial charge in [0, 0.05) is 11.0 Å². The van der Waals surface area contributed by atoms with E-state index in [0.29, 0.717) is 22.3 Å². The van der Waals surface area contributed by atoms with Crippen LogP contribution in [0, 0.1) is 0 Å². The molecule has 0 saturated carbocycles. The molecule has 0 radical (unpaired) electrons. The summed E-state index contributed by atoms with van der Waals surface area (Å²) in [6.07, 6.45) is -0.614. The van der Waals surface area contributed by atoms with Crippen LogP contribution in [0.5, 0.6) is 0 Å². The number of halogens is 3. The van der Waals surface area contributed by atoms with Gasteiger partial charge in [-0.3, -0.25) is 0 Å². The van der Waals surface area contributed by atoms with Crippen molar-refractivity contribution in [3.05, 3.63) is 62.5 Å². The molecule has 1 atom stereocenters. The van der Waals surface area contributed by atoms with Crippen molar-refractivity contribution in [3.63, 3.8) is 0 Å². The van der Waals surface area contributed by atoms with Gasteiger partial charge in [0.25, 0.3) is 0 Å². The summed E-state index contributed by atoms with van der Waals surface area (Å²) in [6.45, 7) is 0.338. The average Bonchev–Trinajstić information content (AvgIpc) is 2.38. The summed E-state index contributed by atoms with van der Waals surface area (Å²) in [5, 5.41) is 14.2.